The van der Waals surface area contributed by atoms with Crippen molar-refractivity contribution in [2.24, 2.45) is 0 Å². The van der Waals surface area contributed by atoms with Crippen LogP contribution in [0.3, 0.4) is 0 Å². The first-order valence-corrected chi connectivity index (χ1v) is 5.55. The van der Waals surface area contributed by atoms with Crippen LogP contribution in [0.1, 0.15) is 18.4 Å². The van der Waals surface area contributed by atoms with Gasteiger partial charge in [-0.05, 0) is 38.0 Å². The molecule has 4 heteroatoms. The minimum atomic E-state index is -0.341. The van der Waals surface area contributed by atoms with E-state index in [0.29, 0.717) is 5.70 Å². The third kappa shape index (κ3) is 2.72. The summed E-state index contributed by atoms with van der Waals surface area (Å²) in [4.78, 5) is 10.5. The molecule has 0 fully saturated rings. The molecule has 0 atom stereocenters. The summed E-state index contributed by atoms with van der Waals surface area (Å²) in [5, 5.41) is 14.0. The lowest BCUT2D eigenvalue weighted by Gasteiger charge is -2.12. The van der Waals surface area contributed by atoms with Gasteiger partial charge < -0.3 is 5.32 Å². The highest BCUT2D eigenvalue weighted by atomic mass is 16.6. The van der Waals surface area contributed by atoms with Crippen molar-refractivity contribution in [1.29, 1.82) is 0 Å². The van der Waals surface area contributed by atoms with Gasteiger partial charge >= 0.3 is 0 Å². The van der Waals surface area contributed by atoms with E-state index in [-0.39, 0.29) is 10.6 Å². The highest BCUT2D eigenvalue weighted by Gasteiger charge is 2.19. The molecule has 88 valence electrons. The molecule has 1 aliphatic carbocycles. The van der Waals surface area contributed by atoms with Gasteiger partial charge in [0.2, 0.25) is 0 Å². The van der Waals surface area contributed by atoms with Gasteiger partial charge in [0.15, 0.2) is 0 Å². The molecule has 1 N–H and O–H groups in total. The maximum atomic E-state index is 10.9. The Kier molecular flexibility index (Phi) is 3.23. The SMILES string of the molecule is Cc1ccc(NC2=CCCC=C2[N+](=O)[O-])cc1. The maximum absolute atomic E-state index is 10.9. The van der Waals surface area contributed by atoms with Crippen molar-refractivity contribution in [2.45, 2.75) is 19.8 Å². The maximum Gasteiger partial charge on any atom is 0.288 e. The van der Waals surface area contributed by atoms with Crippen LogP contribution < -0.4 is 5.32 Å². The van der Waals surface area contributed by atoms with Gasteiger partial charge in [-0.2, -0.15) is 0 Å². The summed E-state index contributed by atoms with van der Waals surface area (Å²) >= 11 is 0. The molecule has 1 aromatic carbocycles. The van der Waals surface area contributed by atoms with E-state index < -0.39 is 0 Å². The van der Waals surface area contributed by atoms with E-state index in [2.05, 4.69) is 5.32 Å². The molecule has 0 unspecified atom stereocenters. The van der Waals surface area contributed by atoms with E-state index >= 15 is 0 Å². The van der Waals surface area contributed by atoms with Crippen LogP contribution in [0.5, 0.6) is 0 Å². The second-order valence-electron chi connectivity index (χ2n) is 4.03. The summed E-state index contributed by atoms with van der Waals surface area (Å²) in [7, 11) is 0. The van der Waals surface area contributed by atoms with Crippen molar-refractivity contribution in [3.63, 3.8) is 0 Å². The summed E-state index contributed by atoms with van der Waals surface area (Å²) in [6, 6.07) is 7.78. The largest absolute Gasteiger partial charge is 0.350 e. The fourth-order valence-corrected chi connectivity index (χ4v) is 1.74. The van der Waals surface area contributed by atoms with E-state index in [9.17, 15) is 10.1 Å². The molecular formula is C13H14N2O2. The zero-order valence-corrected chi connectivity index (χ0v) is 9.64. The van der Waals surface area contributed by atoms with Crippen molar-refractivity contribution < 1.29 is 4.92 Å². The number of nitro groups is 1. The van der Waals surface area contributed by atoms with Gasteiger partial charge in [-0.15, -0.1) is 0 Å². The third-order valence-corrected chi connectivity index (χ3v) is 2.66. The molecule has 0 aliphatic heterocycles. The van der Waals surface area contributed by atoms with Crippen molar-refractivity contribution >= 4 is 5.69 Å². The summed E-state index contributed by atoms with van der Waals surface area (Å²) < 4.78 is 0. The van der Waals surface area contributed by atoms with Gasteiger partial charge in [0.25, 0.3) is 5.70 Å². The van der Waals surface area contributed by atoms with Gasteiger partial charge in [0.05, 0.1) is 4.92 Å². The molecule has 0 aromatic heterocycles. The second-order valence-corrected chi connectivity index (χ2v) is 4.03. The van der Waals surface area contributed by atoms with E-state index in [1.54, 1.807) is 6.08 Å². The fourth-order valence-electron chi connectivity index (χ4n) is 1.74. The zero-order valence-electron chi connectivity index (χ0n) is 9.64. The van der Waals surface area contributed by atoms with Gasteiger partial charge in [0, 0.05) is 5.69 Å². The molecule has 0 bridgehead atoms. The summed E-state index contributed by atoms with van der Waals surface area (Å²) in [6.45, 7) is 2.01. The molecule has 0 heterocycles. The third-order valence-electron chi connectivity index (χ3n) is 2.66. The smallest absolute Gasteiger partial charge is 0.288 e. The van der Waals surface area contributed by atoms with Crippen molar-refractivity contribution in [3.05, 3.63) is 63.5 Å². The Morgan fingerprint density at radius 1 is 1.18 bits per heavy atom. The van der Waals surface area contributed by atoms with Crippen LogP contribution in [0.15, 0.2) is 47.8 Å². The highest BCUT2D eigenvalue weighted by Crippen LogP contribution is 2.21. The van der Waals surface area contributed by atoms with Crippen LogP contribution in [-0.2, 0) is 0 Å². The minimum absolute atomic E-state index is 0.164. The van der Waals surface area contributed by atoms with Gasteiger partial charge in [-0.25, -0.2) is 0 Å². The first-order valence-electron chi connectivity index (χ1n) is 5.55. The van der Waals surface area contributed by atoms with Crippen LogP contribution in [0, 0.1) is 17.0 Å². The van der Waals surface area contributed by atoms with Crippen LogP contribution in [-0.4, -0.2) is 4.92 Å². The number of benzene rings is 1. The van der Waals surface area contributed by atoms with Crippen LogP contribution in [0.4, 0.5) is 5.69 Å². The molecule has 0 radical (unpaired) electrons. The van der Waals surface area contributed by atoms with E-state index in [4.69, 9.17) is 0 Å². The summed E-state index contributed by atoms with van der Waals surface area (Å²) in [5.41, 5.74) is 2.79. The van der Waals surface area contributed by atoms with Crippen molar-refractivity contribution in [2.75, 3.05) is 5.32 Å². The van der Waals surface area contributed by atoms with Crippen molar-refractivity contribution in [3.8, 4) is 0 Å². The monoisotopic (exact) mass is 230 g/mol. The van der Waals surface area contributed by atoms with E-state index in [0.717, 1.165) is 18.5 Å². The van der Waals surface area contributed by atoms with Gasteiger partial charge in [-0.3, -0.25) is 10.1 Å². The lowest BCUT2D eigenvalue weighted by Crippen LogP contribution is -2.12. The van der Waals surface area contributed by atoms with Crippen LogP contribution >= 0.6 is 0 Å². The number of anilines is 1. The highest BCUT2D eigenvalue weighted by molar-refractivity contribution is 5.53. The first-order chi connectivity index (χ1) is 8.16. The fraction of sp³-hybridized carbons (Fsp3) is 0.231. The molecule has 1 aromatic rings. The van der Waals surface area contributed by atoms with Gasteiger partial charge in [0.1, 0.15) is 5.70 Å². The minimum Gasteiger partial charge on any atom is -0.350 e. The Morgan fingerprint density at radius 2 is 1.82 bits per heavy atom. The predicted molar refractivity (Wildman–Crippen MR) is 67.2 cm³/mol. The Hall–Kier alpha value is -2.10. The van der Waals surface area contributed by atoms with Crippen molar-refractivity contribution in [1.82, 2.24) is 0 Å². The normalized spacial score (nSPS) is 14.9. The number of rotatable bonds is 3. The first kappa shape index (κ1) is 11.4. The number of nitrogens with one attached hydrogen (secondary N) is 1. The average molecular weight is 230 g/mol. The molecule has 4 nitrogen and oxygen atoms in total. The number of nitrogens with zero attached hydrogens (tertiary/aromatic N) is 1. The topological polar surface area (TPSA) is 55.2 Å². The second kappa shape index (κ2) is 4.82. The number of aryl methyl sites for hydroxylation is 1. The molecular weight excluding hydrogens is 216 g/mol. The average Bonchev–Trinajstić information content (AvgIpc) is 2.32. The number of hydrogen-bond donors (Lipinski definition) is 1. The van der Waals surface area contributed by atoms with Crippen LogP contribution in [0.2, 0.25) is 0 Å². The number of allylic oxidation sites excluding steroid dienone is 2. The van der Waals surface area contributed by atoms with E-state index in [1.165, 1.54) is 5.56 Å². The lowest BCUT2D eigenvalue weighted by molar-refractivity contribution is -0.421. The Morgan fingerprint density at radius 3 is 2.47 bits per heavy atom. The summed E-state index contributed by atoms with van der Waals surface area (Å²) in [6.07, 6.45) is 5.11. The van der Waals surface area contributed by atoms with Crippen LogP contribution in [0.25, 0.3) is 0 Å². The molecule has 1 aliphatic rings. The number of hydrogen-bond acceptors (Lipinski definition) is 3. The predicted octanol–water partition coefficient (Wildman–Crippen LogP) is 3.25. The lowest BCUT2D eigenvalue weighted by atomic mass is 10.1. The molecule has 0 amide bonds. The Bertz CT molecular complexity index is 487. The quantitative estimate of drug-likeness (QED) is 0.640. The summed E-state index contributed by atoms with van der Waals surface area (Å²) in [5.74, 6) is 0. The standard InChI is InChI=1S/C13H14N2O2/c1-10-6-8-11(9-7-10)14-12-4-2-3-5-13(12)15(16)17/h4-9,14H,2-3H2,1H3. The Labute approximate surface area is 99.8 Å². The van der Waals surface area contributed by atoms with E-state index in [1.807, 2.05) is 37.3 Å². The Balaban J connectivity index is 2.18. The zero-order chi connectivity index (χ0) is 12.3. The molecule has 0 saturated heterocycles. The molecule has 0 spiro atoms. The van der Waals surface area contributed by atoms with Gasteiger partial charge in [-0.1, -0.05) is 23.8 Å². The molecule has 0 saturated carbocycles. The molecule has 2 rings (SSSR count). The molecule has 17 heavy (non-hydrogen) atoms.